The van der Waals surface area contributed by atoms with Gasteiger partial charge in [-0.25, -0.2) is 0 Å². The van der Waals surface area contributed by atoms with E-state index >= 15 is 0 Å². The van der Waals surface area contributed by atoms with Gasteiger partial charge in [0.25, 0.3) is 11.8 Å². The summed E-state index contributed by atoms with van der Waals surface area (Å²) in [6.07, 6.45) is 1.59. The summed E-state index contributed by atoms with van der Waals surface area (Å²) in [6.45, 7) is 0. The largest absolute Gasteiger partial charge is 0.325 e. The maximum Gasteiger partial charge on any atom is 0.272 e. The number of amides is 3. The van der Waals surface area contributed by atoms with Crippen LogP contribution in [0, 0.1) is 0 Å². The molecule has 0 aliphatic heterocycles. The summed E-state index contributed by atoms with van der Waals surface area (Å²) < 4.78 is 0. The molecule has 236 valence electrons. The lowest BCUT2D eigenvalue weighted by Crippen LogP contribution is -2.30. The van der Waals surface area contributed by atoms with Gasteiger partial charge in [-0.1, -0.05) is 109 Å². The van der Waals surface area contributed by atoms with Crippen molar-refractivity contribution in [3.05, 3.63) is 179 Å². The molecular formula is C40H30ClN3O3S. The van der Waals surface area contributed by atoms with Crippen LogP contribution in [-0.4, -0.2) is 17.7 Å². The molecule has 0 aliphatic rings. The van der Waals surface area contributed by atoms with Crippen LogP contribution in [0.4, 0.5) is 11.4 Å². The molecule has 8 heteroatoms. The quantitative estimate of drug-likeness (QED) is 0.100. The maximum atomic E-state index is 13.8. The van der Waals surface area contributed by atoms with Gasteiger partial charge in [0.1, 0.15) is 10.9 Å². The zero-order valence-corrected chi connectivity index (χ0v) is 27.2. The summed E-state index contributed by atoms with van der Waals surface area (Å²) in [5, 5.41) is 10.9. The van der Waals surface area contributed by atoms with Crippen LogP contribution < -0.4 is 16.0 Å². The molecule has 6 aromatic rings. The Balaban J connectivity index is 1.22. The lowest BCUT2D eigenvalue weighted by atomic mass is 10.1. The molecule has 6 aromatic carbocycles. The van der Waals surface area contributed by atoms with Crippen molar-refractivity contribution >= 4 is 69.3 Å². The monoisotopic (exact) mass is 667 g/mol. The van der Waals surface area contributed by atoms with E-state index in [1.54, 1.807) is 66.7 Å². The van der Waals surface area contributed by atoms with Gasteiger partial charge in [0.15, 0.2) is 0 Å². The highest BCUT2D eigenvalue weighted by molar-refractivity contribution is 8.00. The molecule has 0 heterocycles. The number of hydrogen-bond acceptors (Lipinski definition) is 4. The van der Waals surface area contributed by atoms with E-state index in [1.165, 1.54) is 11.8 Å². The minimum absolute atomic E-state index is 0.0566. The number of fused-ring (bicyclic) bond motifs is 1. The van der Waals surface area contributed by atoms with Crippen molar-refractivity contribution in [2.45, 2.75) is 10.1 Å². The maximum absolute atomic E-state index is 13.8. The molecule has 0 aromatic heterocycles. The second-order valence-electron chi connectivity index (χ2n) is 10.9. The van der Waals surface area contributed by atoms with E-state index in [0.29, 0.717) is 27.5 Å². The van der Waals surface area contributed by atoms with E-state index in [4.69, 9.17) is 11.6 Å². The second-order valence-corrected chi connectivity index (χ2v) is 12.5. The molecule has 3 amide bonds. The molecule has 1 unspecified atom stereocenters. The van der Waals surface area contributed by atoms with Crippen LogP contribution in [0.15, 0.2) is 162 Å². The van der Waals surface area contributed by atoms with Crippen LogP contribution >= 0.6 is 23.4 Å². The highest BCUT2D eigenvalue weighted by atomic mass is 35.5. The number of nitrogens with one attached hydrogen (secondary N) is 3. The van der Waals surface area contributed by atoms with E-state index in [9.17, 15) is 14.4 Å². The Bertz CT molecular complexity index is 2100. The smallest absolute Gasteiger partial charge is 0.272 e. The minimum Gasteiger partial charge on any atom is -0.325 e. The second kappa shape index (κ2) is 15.3. The topological polar surface area (TPSA) is 87.3 Å². The van der Waals surface area contributed by atoms with E-state index in [0.717, 1.165) is 21.2 Å². The Kier molecular flexibility index (Phi) is 10.3. The first-order valence-corrected chi connectivity index (χ1v) is 16.4. The van der Waals surface area contributed by atoms with E-state index in [1.807, 2.05) is 91.0 Å². The van der Waals surface area contributed by atoms with Gasteiger partial charge in [0, 0.05) is 26.9 Å². The lowest BCUT2D eigenvalue weighted by molar-refractivity contribution is -0.116. The zero-order valence-electron chi connectivity index (χ0n) is 25.6. The molecule has 6 nitrogen and oxygen atoms in total. The van der Waals surface area contributed by atoms with Crippen LogP contribution in [0.3, 0.4) is 0 Å². The van der Waals surface area contributed by atoms with E-state index in [-0.39, 0.29) is 11.6 Å². The molecule has 0 spiro atoms. The standard InChI is InChI=1S/C40H30ClN3O3S/c41-32-21-18-27(19-22-32)24-36(44-38(45)30-13-5-2-6-14-30)39(46)42-33-16-9-17-35(26-33)48-37(29-11-3-1-4-12-29)40(47)43-34-23-20-28-10-7-8-15-31(28)25-34/h1-26,37H,(H,42,46)(H,43,47)(H,44,45)/b36-24-. The van der Waals surface area contributed by atoms with Gasteiger partial charge in [-0.05, 0) is 82.6 Å². The fraction of sp³-hybridized carbons (Fsp3) is 0.0250. The summed E-state index contributed by atoms with van der Waals surface area (Å²) in [6, 6.07) is 46.3. The van der Waals surface area contributed by atoms with Gasteiger partial charge in [-0.3, -0.25) is 14.4 Å². The summed E-state index contributed by atoms with van der Waals surface area (Å²) in [5.41, 5.74) is 3.21. The highest BCUT2D eigenvalue weighted by Crippen LogP contribution is 2.37. The van der Waals surface area contributed by atoms with Crippen molar-refractivity contribution in [3.63, 3.8) is 0 Å². The Morgan fingerprint density at radius 3 is 2.04 bits per heavy atom. The van der Waals surface area contributed by atoms with Crippen LogP contribution in [0.25, 0.3) is 16.8 Å². The Morgan fingerprint density at radius 1 is 0.625 bits per heavy atom. The minimum atomic E-state index is -0.575. The molecule has 6 rings (SSSR count). The predicted octanol–water partition coefficient (Wildman–Crippen LogP) is 9.37. The van der Waals surface area contributed by atoms with Crippen LogP contribution in [0.5, 0.6) is 0 Å². The number of hydrogen-bond donors (Lipinski definition) is 3. The van der Waals surface area contributed by atoms with Gasteiger partial charge in [0.05, 0.1) is 0 Å². The Morgan fingerprint density at radius 2 is 1.29 bits per heavy atom. The molecule has 48 heavy (non-hydrogen) atoms. The number of benzene rings is 6. The summed E-state index contributed by atoms with van der Waals surface area (Å²) in [7, 11) is 0. The van der Waals surface area contributed by atoms with Crippen molar-refractivity contribution in [2.24, 2.45) is 0 Å². The molecule has 0 saturated heterocycles. The van der Waals surface area contributed by atoms with Crippen LogP contribution in [0.1, 0.15) is 26.7 Å². The number of thioether (sulfide) groups is 1. The number of carbonyl (C=O) groups is 3. The van der Waals surface area contributed by atoms with Crippen LogP contribution in [0.2, 0.25) is 5.02 Å². The van der Waals surface area contributed by atoms with Crippen molar-refractivity contribution < 1.29 is 14.4 Å². The Labute approximate surface area is 287 Å². The van der Waals surface area contributed by atoms with Crippen molar-refractivity contribution in [3.8, 4) is 0 Å². The van der Waals surface area contributed by atoms with Crippen molar-refractivity contribution in [1.29, 1.82) is 0 Å². The average Bonchev–Trinajstić information content (AvgIpc) is 3.12. The lowest BCUT2D eigenvalue weighted by Gasteiger charge is -2.18. The molecule has 0 saturated carbocycles. The average molecular weight is 668 g/mol. The first-order valence-electron chi connectivity index (χ1n) is 15.2. The predicted molar refractivity (Wildman–Crippen MR) is 196 cm³/mol. The third-order valence-corrected chi connectivity index (χ3v) is 8.91. The number of anilines is 2. The number of halogens is 1. The highest BCUT2D eigenvalue weighted by Gasteiger charge is 2.23. The van der Waals surface area contributed by atoms with Gasteiger partial charge < -0.3 is 16.0 Å². The number of rotatable bonds is 10. The van der Waals surface area contributed by atoms with Crippen molar-refractivity contribution in [2.75, 3.05) is 10.6 Å². The summed E-state index contributed by atoms with van der Waals surface area (Å²) >= 11 is 7.43. The van der Waals surface area contributed by atoms with Crippen LogP contribution in [-0.2, 0) is 9.59 Å². The third kappa shape index (κ3) is 8.39. The molecule has 0 bridgehead atoms. The third-order valence-electron chi connectivity index (χ3n) is 7.41. The SMILES string of the molecule is O=C(Nc1cccc(SC(C(=O)Nc2ccc3ccccc3c2)c2ccccc2)c1)/C(=C/c1ccc(Cl)cc1)NC(=O)c1ccccc1. The summed E-state index contributed by atoms with van der Waals surface area (Å²) in [5.74, 6) is -1.10. The first-order chi connectivity index (χ1) is 23.4. The van der Waals surface area contributed by atoms with E-state index in [2.05, 4.69) is 16.0 Å². The number of carbonyl (C=O) groups excluding carboxylic acids is 3. The molecule has 3 N–H and O–H groups in total. The van der Waals surface area contributed by atoms with Gasteiger partial charge >= 0.3 is 0 Å². The Hall–Kier alpha value is -5.63. The fourth-order valence-electron chi connectivity index (χ4n) is 5.03. The molecule has 0 fully saturated rings. The molecule has 1 atom stereocenters. The first kappa shape index (κ1) is 32.3. The van der Waals surface area contributed by atoms with E-state index < -0.39 is 17.1 Å². The normalized spacial score (nSPS) is 11.8. The van der Waals surface area contributed by atoms with Gasteiger partial charge in [-0.2, -0.15) is 0 Å². The zero-order chi connectivity index (χ0) is 33.3. The summed E-state index contributed by atoms with van der Waals surface area (Å²) in [4.78, 5) is 41.2. The fourth-order valence-corrected chi connectivity index (χ4v) is 6.23. The molecule has 0 aliphatic carbocycles. The van der Waals surface area contributed by atoms with Gasteiger partial charge in [0.2, 0.25) is 5.91 Å². The van der Waals surface area contributed by atoms with Gasteiger partial charge in [-0.15, -0.1) is 11.8 Å². The molecule has 0 radical (unpaired) electrons. The molecular weight excluding hydrogens is 638 g/mol. The van der Waals surface area contributed by atoms with Crippen molar-refractivity contribution in [1.82, 2.24) is 5.32 Å².